The lowest BCUT2D eigenvalue weighted by atomic mass is 10.1. The van der Waals surface area contributed by atoms with Gasteiger partial charge in [0.1, 0.15) is 5.82 Å². The number of rotatable bonds is 7. The molecular formula is C13H21FN2. The Morgan fingerprint density at radius 2 is 1.81 bits per heavy atom. The lowest BCUT2D eigenvalue weighted by Crippen LogP contribution is -2.23. The summed E-state index contributed by atoms with van der Waals surface area (Å²) in [7, 11) is 4.16. The number of benzene rings is 1. The van der Waals surface area contributed by atoms with Gasteiger partial charge >= 0.3 is 0 Å². The Bertz CT molecular complexity index is 282. The molecule has 0 aromatic heterocycles. The van der Waals surface area contributed by atoms with Crippen LogP contribution in [0.1, 0.15) is 12.0 Å². The quantitative estimate of drug-likeness (QED) is 0.712. The van der Waals surface area contributed by atoms with E-state index >= 15 is 0 Å². The molecular weight excluding hydrogens is 203 g/mol. The van der Waals surface area contributed by atoms with E-state index in [1.807, 2.05) is 12.1 Å². The fraction of sp³-hybridized carbons (Fsp3) is 0.538. The van der Waals surface area contributed by atoms with E-state index in [-0.39, 0.29) is 5.82 Å². The molecule has 0 unspecified atom stereocenters. The van der Waals surface area contributed by atoms with E-state index in [9.17, 15) is 4.39 Å². The van der Waals surface area contributed by atoms with Crippen molar-refractivity contribution in [1.82, 2.24) is 10.2 Å². The minimum absolute atomic E-state index is 0.164. The molecule has 1 aromatic rings. The van der Waals surface area contributed by atoms with Gasteiger partial charge in [-0.05, 0) is 64.3 Å². The van der Waals surface area contributed by atoms with Gasteiger partial charge in [0.05, 0.1) is 0 Å². The number of hydrogen-bond donors (Lipinski definition) is 1. The highest BCUT2D eigenvalue weighted by atomic mass is 19.1. The van der Waals surface area contributed by atoms with Crippen molar-refractivity contribution in [2.45, 2.75) is 12.8 Å². The van der Waals surface area contributed by atoms with Gasteiger partial charge in [0, 0.05) is 0 Å². The van der Waals surface area contributed by atoms with Crippen LogP contribution < -0.4 is 5.32 Å². The van der Waals surface area contributed by atoms with Crippen LogP contribution in [0.4, 0.5) is 4.39 Å². The molecule has 0 radical (unpaired) electrons. The average molecular weight is 224 g/mol. The first-order valence-electron chi connectivity index (χ1n) is 5.78. The third-order valence-corrected chi connectivity index (χ3v) is 2.46. The monoisotopic (exact) mass is 224 g/mol. The summed E-state index contributed by atoms with van der Waals surface area (Å²) < 4.78 is 12.6. The van der Waals surface area contributed by atoms with Crippen molar-refractivity contribution in [3.63, 3.8) is 0 Å². The van der Waals surface area contributed by atoms with Gasteiger partial charge in [0.15, 0.2) is 0 Å². The molecule has 0 saturated carbocycles. The van der Waals surface area contributed by atoms with Crippen LogP contribution in [0.2, 0.25) is 0 Å². The SMILES string of the molecule is CN(C)CCCNCCc1ccc(F)cc1. The molecule has 0 bridgehead atoms. The Kier molecular flexibility index (Phi) is 6.04. The fourth-order valence-electron chi connectivity index (χ4n) is 1.53. The van der Waals surface area contributed by atoms with Gasteiger partial charge in [-0.25, -0.2) is 4.39 Å². The maximum absolute atomic E-state index is 12.6. The first-order valence-corrected chi connectivity index (χ1v) is 5.78. The van der Waals surface area contributed by atoms with Crippen molar-refractivity contribution >= 4 is 0 Å². The van der Waals surface area contributed by atoms with Crippen LogP contribution in [0.15, 0.2) is 24.3 Å². The normalized spacial score (nSPS) is 11.0. The van der Waals surface area contributed by atoms with Crippen molar-refractivity contribution < 1.29 is 4.39 Å². The highest BCUT2D eigenvalue weighted by molar-refractivity contribution is 5.16. The standard InChI is InChI=1S/C13H21FN2/c1-16(2)11-3-9-15-10-8-12-4-6-13(14)7-5-12/h4-7,15H,3,8-11H2,1-2H3. The summed E-state index contributed by atoms with van der Waals surface area (Å²) in [5.74, 6) is -0.164. The van der Waals surface area contributed by atoms with Crippen LogP contribution in [0, 0.1) is 5.82 Å². The Morgan fingerprint density at radius 3 is 2.44 bits per heavy atom. The Balaban J connectivity index is 2.05. The maximum Gasteiger partial charge on any atom is 0.123 e. The van der Waals surface area contributed by atoms with Gasteiger partial charge < -0.3 is 10.2 Å². The third-order valence-electron chi connectivity index (χ3n) is 2.46. The van der Waals surface area contributed by atoms with E-state index in [1.54, 1.807) is 0 Å². The summed E-state index contributed by atoms with van der Waals surface area (Å²) >= 11 is 0. The number of hydrogen-bond acceptors (Lipinski definition) is 2. The summed E-state index contributed by atoms with van der Waals surface area (Å²) in [5.41, 5.74) is 1.18. The van der Waals surface area contributed by atoms with Crippen LogP contribution in [0.3, 0.4) is 0 Å². The minimum Gasteiger partial charge on any atom is -0.316 e. The first kappa shape index (κ1) is 13.1. The first-order chi connectivity index (χ1) is 7.68. The topological polar surface area (TPSA) is 15.3 Å². The Morgan fingerprint density at radius 1 is 1.12 bits per heavy atom. The van der Waals surface area contributed by atoms with Gasteiger partial charge in [-0.3, -0.25) is 0 Å². The molecule has 0 saturated heterocycles. The summed E-state index contributed by atoms with van der Waals surface area (Å²) in [5, 5.41) is 3.38. The fourth-order valence-corrected chi connectivity index (χ4v) is 1.53. The van der Waals surface area contributed by atoms with E-state index in [0.29, 0.717) is 0 Å². The molecule has 1 aromatic carbocycles. The molecule has 90 valence electrons. The van der Waals surface area contributed by atoms with Crippen molar-refractivity contribution in [2.24, 2.45) is 0 Å². The van der Waals surface area contributed by atoms with E-state index in [1.165, 1.54) is 17.7 Å². The van der Waals surface area contributed by atoms with E-state index < -0.39 is 0 Å². The molecule has 16 heavy (non-hydrogen) atoms. The predicted octanol–water partition coefficient (Wildman–Crippen LogP) is 1.91. The zero-order valence-corrected chi connectivity index (χ0v) is 10.2. The van der Waals surface area contributed by atoms with Gasteiger partial charge in [-0.2, -0.15) is 0 Å². The number of halogens is 1. The molecule has 0 aliphatic carbocycles. The lowest BCUT2D eigenvalue weighted by molar-refractivity contribution is 0.395. The van der Waals surface area contributed by atoms with E-state index in [0.717, 1.165) is 32.5 Å². The third kappa shape index (κ3) is 5.83. The van der Waals surface area contributed by atoms with Crippen molar-refractivity contribution in [3.8, 4) is 0 Å². The molecule has 1 rings (SSSR count). The summed E-state index contributed by atoms with van der Waals surface area (Å²) in [4.78, 5) is 2.18. The molecule has 0 aliphatic rings. The smallest absolute Gasteiger partial charge is 0.123 e. The van der Waals surface area contributed by atoms with Crippen LogP contribution >= 0.6 is 0 Å². The van der Waals surface area contributed by atoms with Gasteiger partial charge in [-0.15, -0.1) is 0 Å². The average Bonchev–Trinajstić information content (AvgIpc) is 2.25. The zero-order chi connectivity index (χ0) is 11.8. The van der Waals surface area contributed by atoms with Gasteiger partial charge in [0.2, 0.25) is 0 Å². The zero-order valence-electron chi connectivity index (χ0n) is 10.2. The van der Waals surface area contributed by atoms with Gasteiger partial charge in [0.25, 0.3) is 0 Å². The van der Waals surface area contributed by atoms with Crippen molar-refractivity contribution in [2.75, 3.05) is 33.7 Å². The largest absolute Gasteiger partial charge is 0.316 e. The molecule has 3 heteroatoms. The van der Waals surface area contributed by atoms with Crippen LogP contribution in [-0.4, -0.2) is 38.6 Å². The predicted molar refractivity (Wildman–Crippen MR) is 66.1 cm³/mol. The molecule has 1 N–H and O–H groups in total. The number of nitrogens with one attached hydrogen (secondary N) is 1. The van der Waals surface area contributed by atoms with Crippen molar-refractivity contribution in [1.29, 1.82) is 0 Å². The van der Waals surface area contributed by atoms with Crippen molar-refractivity contribution in [3.05, 3.63) is 35.6 Å². The molecule has 0 heterocycles. The highest BCUT2D eigenvalue weighted by Crippen LogP contribution is 2.02. The second kappa shape index (κ2) is 7.36. The Hall–Kier alpha value is -0.930. The van der Waals surface area contributed by atoms with E-state index in [4.69, 9.17) is 0 Å². The molecule has 0 amide bonds. The number of nitrogens with zero attached hydrogens (tertiary/aromatic N) is 1. The van der Waals surface area contributed by atoms with Crippen LogP contribution in [-0.2, 0) is 6.42 Å². The Labute approximate surface area is 97.5 Å². The molecule has 0 aliphatic heterocycles. The van der Waals surface area contributed by atoms with Gasteiger partial charge in [-0.1, -0.05) is 12.1 Å². The molecule has 2 nitrogen and oxygen atoms in total. The maximum atomic E-state index is 12.6. The lowest BCUT2D eigenvalue weighted by Gasteiger charge is -2.09. The second-order valence-corrected chi connectivity index (χ2v) is 4.28. The van der Waals surface area contributed by atoms with E-state index in [2.05, 4.69) is 24.3 Å². The summed E-state index contributed by atoms with van der Waals surface area (Å²) in [6.45, 7) is 3.11. The van der Waals surface area contributed by atoms with Crippen LogP contribution in [0.25, 0.3) is 0 Å². The van der Waals surface area contributed by atoms with Crippen LogP contribution in [0.5, 0.6) is 0 Å². The highest BCUT2D eigenvalue weighted by Gasteiger charge is 1.94. The summed E-state index contributed by atoms with van der Waals surface area (Å²) in [6, 6.07) is 6.72. The second-order valence-electron chi connectivity index (χ2n) is 4.28. The minimum atomic E-state index is -0.164. The molecule has 0 atom stereocenters. The molecule has 0 spiro atoms. The molecule has 0 fully saturated rings. The summed E-state index contributed by atoms with van der Waals surface area (Å²) in [6.07, 6.45) is 2.12.